The van der Waals surface area contributed by atoms with Crippen LogP contribution in [-0.2, 0) is 9.59 Å². The molecule has 0 aliphatic rings. The van der Waals surface area contributed by atoms with Gasteiger partial charge in [-0.15, -0.1) is 0 Å². The largest absolute Gasteiger partial charge is 0.493 e. The highest BCUT2D eigenvalue weighted by Crippen LogP contribution is 2.37. The molecule has 0 spiro atoms. The summed E-state index contributed by atoms with van der Waals surface area (Å²) in [6.07, 6.45) is 1.41. The first-order valence-electron chi connectivity index (χ1n) is 8.64. The van der Waals surface area contributed by atoms with Gasteiger partial charge in [0.25, 0.3) is 0 Å². The molecule has 8 nitrogen and oxygen atoms in total. The van der Waals surface area contributed by atoms with E-state index >= 15 is 0 Å². The van der Waals surface area contributed by atoms with Crippen molar-refractivity contribution in [2.45, 2.75) is 12.8 Å². The average Bonchev–Trinajstić information content (AvgIpc) is 2.73. The lowest BCUT2D eigenvalue weighted by molar-refractivity contribution is -0.124. The number of carbonyl (C=O) groups is 2. The van der Waals surface area contributed by atoms with Crippen molar-refractivity contribution in [2.24, 2.45) is 5.10 Å². The summed E-state index contributed by atoms with van der Waals surface area (Å²) in [6.45, 7) is 0. The summed E-state index contributed by atoms with van der Waals surface area (Å²) in [4.78, 5) is 23.8. The number of amides is 2. The Balaban J connectivity index is 1.88. The Kier molecular flexibility index (Phi) is 8.29. The van der Waals surface area contributed by atoms with Gasteiger partial charge in [0.1, 0.15) is 0 Å². The van der Waals surface area contributed by atoms with E-state index in [1.165, 1.54) is 27.5 Å². The van der Waals surface area contributed by atoms with E-state index in [9.17, 15) is 9.59 Å². The Hall–Kier alpha value is -3.26. The standard InChI is InChI=1S/C20H22ClN3O5/c1-27-16-10-13(11-17(28-2)20(16)29-3)12-22-24-19(26)9-8-18(25)23-15-7-5-4-6-14(15)21/h4-7,10-12H,8-9H2,1-3H3,(H,23,25)(H,24,26)/b22-12+. The van der Waals surface area contributed by atoms with Gasteiger partial charge in [-0.1, -0.05) is 23.7 Å². The minimum Gasteiger partial charge on any atom is -0.493 e. The molecule has 0 aliphatic carbocycles. The number of rotatable bonds is 9. The molecule has 0 saturated carbocycles. The Morgan fingerprint density at radius 2 is 1.62 bits per heavy atom. The zero-order valence-electron chi connectivity index (χ0n) is 16.3. The fraction of sp³-hybridized carbons (Fsp3) is 0.250. The van der Waals surface area contributed by atoms with Crippen LogP contribution in [-0.4, -0.2) is 39.4 Å². The van der Waals surface area contributed by atoms with Gasteiger partial charge in [-0.25, -0.2) is 5.43 Å². The molecular weight excluding hydrogens is 398 g/mol. The Labute approximate surface area is 173 Å². The quantitative estimate of drug-likeness (QED) is 0.480. The number of methoxy groups -OCH3 is 3. The van der Waals surface area contributed by atoms with Crippen molar-refractivity contribution in [2.75, 3.05) is 26.6 Å². The molecule has 9 heteroatoms. The minimum atomic E-state index is -0.400. The molecule has 0 heterocycles. The lowest BCUT2D eigenvalue weighted by Gasteiger charge is -2.12. The van der Waals surface area contributed by atoms with Crippen LogP contribution in [0.2, 0.25) is 5.02 Å². The maximum atomic E-state index is 11.9. The van der Waals surface area contributed by atoms with Crippen molar-refractivity contribution in [3.05, 3.63) is 47.0 Å². The van der Waals surface area contributed by atoms with Gasteiger partial charge in [-0.3, -0.25) is 9.59 Å². The molecule has 0 atom stereocenters. The molecule has 2 aromatic carbocycles. The van der Waals surface area contributed by atoms with Gasteiger partial charge in [0.05, 0.1) is 38.3 Å². The minimum absolute atomic E-state index is 0.00322. The predicted molar refractivity (Wildman–Crippen MR) is 111 cm³/mol. The molecule has 2 amide bonds. The monoisotopic (exact) mass is 419 g/mol. The Bertz CT molecular complexity index is 876. The number of halogens is 1. The lowest BCUT2D eigenvalue weighted by atomic mass is 10.2. The zero-order chi connectivity index (χ0) is 21.2. The van der Waals surface area contributed by atoms with Crippen LogP contribution < -0.4 is 25.0 Å². The van der Waals surface area contributed by atoms with Crippen molar-refractivity contribution in [1.29, 1.82) is 0 Å². The molecule has 154 valence electrons. The van der Waals surface area contributed by atoms with Crippen LogP contribution >= 0.6 is 11.6 Å². The smallest absolute Gasteiger partial charge is 0.240 e. The van der Waals surface area contributed by atoms with E-state index in [0.29, 0.717) is 33.5 Å². The van der Waals surface area contributed by atoms with Crippen molar-refractivity contribution < 1.29 is 23.8 Å². The van der Waals surface area contributed by atoms with Crippen molar-refractivity contribution >= 4 is 35.3 Å². The molecule has 0 radical (unpaired) electrons. The lowest BCUT2D eigenvalue weighted by Crippen LogP contribution is -2.20. The number of hydrogen-bond acceptors (Lipinski definition) is 6. The van der Waals surface area contributed by atoms with E-state index in [1.54, 1.807) is 36.4 Å². The van der Waals surface area contributed by atoms with Crippen LogP contribution in [0.3, 0.4) is 0 Å². The van der Waals surface area contributed by atoms with Gasteiger partial charge in [0, 0.05) is 18.4 Å². The molecule has 0 aliphatic heterocycles. The van der Waals surface area contributed by atoms with Gasteiger partial charge >= 0.3 is 0 Å². The summed E-state index contributed by atoms with van der Waals surface area (Å²) in [5.74, 6) is 0.678. The summed E-state index contributed by atoms with van der Waals surface area (Å²) in [6, 6.07) is 10.2. The van der Waals surface area contributed by atoms with E-state index in [2.05, 4.69) is 15.8 Å². The number of para-hydroxylation sites is 1. The molecule has 2 rings (SSSR count). The highest BCUT2D eigenvalue weighted by Gasteiger charge is 2.12. The van der Waals surface area contributed by atoms with Crippen molar-refractivity contribution in [1.82, 2.24) is 5.43 Å². The maximum absolute atomic E-state index is 11.9. The number of hydrazone groups is 1. The van der Waals surface area contributed by atoms with Gasteiger partial charge in [0.15, 0.2) is 11.5 Å². The Morgan fingerprint density at radius 3 is 2.21 bits per heavy atom. The van der Waals surface area contributed by atoms with Gasteiger partial charge < -0.3 is 19.5 Å². The van der Waals surface area contributed by atoms with Crippen LogP contribution in [0.4, 0.5) is 5.69 Å². The topological polar surface area (TPSA) is 98.2 Å². The van der Waals surface area contributed by atoms with E-state index in [1.807, 2.05) is 0 Å². The number of hydrogen-bond donors (Lipinski definition) is 2. The van der Waals surface area contributed by atoms with Crippen LogP contribution in [0.5, 0.6) is 17.2 Å². The third-order valence-corrected chi connectivity index (χ3v) is 4.15. The van der Waals surface area contributed by atoms with Crippen LogP contribution in [0.1, 0.15) is 18.4 Å². The second kappa shape index (κ2) is 10.9. The van der Waals surface area contributed by atoms with E-state index in [0.717, 1.165) is 0 Å². The molecule has 2 aromatic rings. The first kappa shape index (κ1) is 22.0. The number of carbonyl (C=O) groups excluding carboxylic acids is 2. The molecule has 0 saturated heterocycles. The second-order valence-corrected chi connectivity index (χ2v) is 6.19. The van der Waals surface area contributed by atoms with E-state index < -0.39 is 5.91 Å². The fourth-order valence-electron chi connectivity index (χ4n) is 2.41. The average molecular weight is 420 g/mol. The third kappa shape index (κ3) is 6.39. The Morgan fingerprint density at radius 1 is 1.00 bits per heavy atom. The zero-order valence-corrected chi connectivity index (χ0v) is 17.1. The highest BCUT2D eigenvalue weighted by atomic mass is 35.5. The van der Waals surface area contributed by atoms with Crippen molar-refractivity contribution in [3.8, 4) is 17.2 Å². The fourth-order valence-corrected chi connectivity index (χ4v) is 2.60. The summed E-state index contributed by atoms with van der Waals surface area (Å²) in [5, 5.41) is 6.98. The maximum Gasteiger partial charge on any atom is 0.240 e. The first-order chi connectivity index (χ1) is 14.0. The molecule has 0 bridgehead atoms. The normalized spacial score (nSPS) is 10.5. The molecule has 0 fully saturated rings. The van der Waals surface area contributed by atoms with Crippen LogP contribution in [0.15, 0.2) is 41.5 Å². The molecule has 2 N–H and O–H groups in total. The van der Waals surface area contributed by atoms with Crippen LogP contribution in [0.25, 0.3) is 0 Å². The van der Waals surface area contributed by atoms with Crippen molar-refractivity contribution in [3.63, 3.8) is 0 Å². The van der Waals surface area contributed by atoms with Crippen LogP contribution in [0, 0.1) is 0 Å². The first-order valence-corrected chi connectivity index (χ1v) is 9.02. The number of nitrogens with one attached hydrogen (secondary N) is 2. The number of anilines is 1. The molecule has 0 aromatic heterocycles. The third-order valence-electron chi connectivity index (χ3n) is 3.82. The number of nitrogens with zero attached hydrogens (tertiary/aromatic N) is 1. The van der Waals surface area contributed by atoms with Gasteiger partial charge in [0.2, 0.25) is 17.6 Å². The summed E-state index contributed by atoms with van der Waals surface area (Å²) in [5.41, 5.74) is 3.51. The summed E-state index contributed by atoms with van der Waals surface area (Å²) in [7, 11) is 4.53. The molecule has 29 heavy (non-hydrogen) atoms. The number of ether oxygens (including phenoxy) is 3. The highest BCUT2D eigenvalue weighted by molar-refractivity contribution is 6.33. The summed E-state index contributed by atoms with van der Waals surface area (Å²) >= 11 is 5.98. The molecule has 0 unspecified atom stereocenters. The van der Waals surface area contributed by atoms with Gasteiger partial charge in [-0.2, -0.15) is 5.10 Å². The predicted octanol–water partition coefficient (Wildman–Crippen LogP) is 3.23. The molecular formula is C20H22ClN3O5. The summed E-state index contributed by atoms with van der Waals surface area (Å²) < 4.78 is 15.8. The van der Waals surface area contributed by atoms with Gasteiger partial charge in [-0.05, 0) is 24.3 Å². The van der Waals surface area contributed by atoms with E-state index in [-0.39, 0.29) is 18.7 Å². The second-order valence-electron chi connectivity index (χ2n) is 5.78. The number of benzene rings is 2. The van der Waals surface area contributed by atoms with E-state index in [4.69, 9.17) is 25.8 Å². The SMILES string of the molecule is COc1cc(/C=N/NC(=O)CCC(=O)Nc2ccccc2Cl)cc(OC)c1OC.